The Labute approximate surface area is 90.7 Å². The van der Waals surface area contributed by atoms with Crippen molar-refractivity contribution >= 4 is 0 Å². The van der Waals surface area contributed by atoms with Crippen molar-refractivity contribution in [3.63, 3.8) is 0 Å². The molecule has 2 rings (SSSR count). The molecular formula is C13H18FN. The Balaban J connectivity index is 1.92. The molecule has 0 amide bonds. The Morgan fingerprint density at radius 3 is 2.73 bits per heavy atom. The van der Waals surface area contributed by atoms with Crippen molar-refractivity contribution < 1.29 is 4.39 Å². The summed E-state index contributed by atoms with van der Waals surface area (Å²) in [7, 11) is 0. The van der Waals surface area contributed by atoms with Crippen LogP contribution in [0.25, 0.3) is 0 Å². The van der Waals surface area contributed by atoms with Gasteiger partial charge < -0.3 is 5.32 Å². The highest BCUT2D eigenvalue weighted by Crippen LogP contribution is 2.29. The van der Waals surface area contributed by atoms with E-state index in [1.54, 1.807) is 12.1 Å². The van der Waals surface area contributed by atoms with E-state index in [-0.39, 0.29) is 11.4 Å². The van der Waals surface area contributed by atoms with Crippen LogP contribution in [0.3, 0.4) is 0 Å². The van der Waals surface area contributed by atoms with E-state index in [9.17, 15) is 4.39 Å². The van der Waals surface area contributed by atoms with Crippen LogP contribution >= 0.6 is 0 Å². The van der Waals surface area contributed by atoms with E-state index in [1.807, 2.05) is 6.07 Å². The lowest BCUT2D eigenvalue weighted by molar-refractivity contribution is 0.362. The smallest absolute Gasteiger partial charge is 0.123 e. The van der Waals surface area contributed by atoms with Crippen LogP contribution in [0.2, 0.25) is 0 Å². The number of nitrogens with one attached hydrogen (secondary N) is 1. The highest BCUT2D eigenvalue weighted by Gasteiger charge is 2.27. The maximum absolute atomic E-state index is 12.9. The van der Waals surface area contributed by atoms with Crippen LogP contribution in [0.4, 0.5) is 4.39 Å². The van der Waals surface area contributed by atoms with Crippen LogP contribution in [-0.2, 0) is 6.54 Å². The van der Waals surface area contributed by atoms with Crippen molar-refractivity contribution in [3.05, 3.63) is 35.6 Å². The summed E-state index contributed by atoms with van der Waals surface area (Å²) in [5, 5.41) is 3.53. The average molecular weight is 207 g/mol. The highest BCUT2D eigenvalue weighted by molar-refractivity contribution is 5.16. The van der Waals surface area contributed by atoms with E-state index in [2.05, 4.69) is 12.2 Å². The van der Waals surface area contributed by atoms with Crippen LogP contribution < -0.4 is 5.32 Å². The molecule has 0 spiro atoms. The summed E-state index contributed by atoms with van der Waals surface area (Å²) < 4.78 is 12.9. The van der Waals surface area contributed by atoms with E-state index in [0.717, 1.165) is 12.1 Å². The molecule has 1 aromatic carbocycles. The number of rotatable bonds is 3. The van der Waals surface area contributed by atoms with Gasteiger partial charge >= 0.3 is 0 Å². The fourth-order valence-electron chi connectivity index (χ4n) is 2.29. The van der Waals surface area contributed by atoms with Crippen molar-refractivity contribution in [1.29, 1.82) is 0 Å². The Morgan fingerprint density at radius 2 is 2.07 bits per heavy atom. The van der Waals surface area contributed by atoms with Crippen molar-refractivity contribution in [1.82, 2.24) is 5.32 Å². The molecule has 1 aliphatic rings. The molecule has 0 radical (unpaired) electrons. The van der Waals surface area contributed by atoms with Gasteiger partial charge in [-0.15, -0.1) is 0 Å². The van der Waals surface area contributed by atoms with Gasteiger partial charge in [-0.1, -0.05) is 25.0 Å². The lowest BCUT2D eigenvalue weighted by Crippen LogP contribution is -2.38. The van der Waals surface area contributed by atoms with Gasteiger partial charge in [-0.2, -0.15) is 0 Å². The van der Waals surface area contributed by atoms with E-state index < -0.39 is 0 Å². The van der Waals surface area contributed by atoms with Crippen molar-refractivity contribution in [2.45, 2.75) is 44.7 Å². The predicted molar refractivity (Wildman–Crippen MR) is 60.1 cm³/mol. The molecule has 2 heteroatoms. The fraction of sp³-hybridized carbons (Fsp3) is 0.538. The molecule has 15 heavy (non-hydrogen) atoms. The van der Waals surface area contributed by atoms with Crippen LogP contribution in [0, 0.1) is 5.82 Å². The molecule has 1 N–H and O–H groups in total. The predicted octanol–water partition coefficient (Wildman–Crippen LogP) is 3.25. The fourth-order valence-corrected chi connectivity index (χ4v) is 2.29. The minimum absolute atomic E-state index is 0.147. The van der Waals surface area contributed by atoms with Crippen molar-refractivity contribution in [2.75, 3.05) is 0 Å². The van der Waals surface area contributed by atoms with Gasteiger partial charge in [0.2, 0.25) is 0 Å². The number of hydrogen-bond acceptors (Lipinski definition) is 1. The van der Waals surface area contributed by atoms with Crippen LogP contribution in [-0.4, -0.2) is 5.54 Å². The number of hydrogen-bond donors (Lipinski definition) is 1. The second-order valence-corrected chi connectivity index (χ2v) is 4.75. The molecule has 0 bridgehead atoms. The summed E-state index contributed by atoms with van der Waals surface area (Å²) in [6.45, 7) is 3.04. The molecule has 0 heterocycles. The molecule has 0 saturated heterocycles. The Hall–Kier alpha value is -0.890. The van der Waals surface area contributed by atoms with E-state index in [4.69, 9.17) is 0 Å². The third-order valence-electron chi connectivity index (χ3n) is 3.32. The molecule has 0 atom stereocenters. The molecular weight excluding hydrogens is 189 g/mol. The molecule has 1 fully saturated rings. The first kappa shape index (κ1) is 10.6. The number of halogens is 1. The summed E-state index contributed by atoms with van der Waals surface area (Å²) in [4.78, 5) is 0. The van der Waals surface area contributed by atoms with E-state index >= 15 is 0 Å². The molecule has 0 aliphatic heterocycles. The van der Waals surface area contributed by atoms with Gasteiger partial charge in [-0.25, -0.2) is 4.39 Å². The first-order valence-electron chi connectivity index (χ1n) is 5.67. The molecule has 82 valence electrons. The molecule has 0 aromatic heterocycles. The standard InChI is InChI=1S/C13H18FN/c1-13(7-2-3-8-13)15-10-11-5-4-6-12(14)9-11/h4-6,9,15H,2-3,7-8,10H2,1H3. The summed E-state index contributed by atoms with van der Waals surface area (Å²) in [5.41, 5.74) is 1.30. The first-order valence-corrected chi connectivity index (χ1v) is 5.67. The third kappa shape index (κ3) is 2.78. The molecule has 0 unspecified atom stereocenters. The van der Waals surface area contributed by atoms with Gasteiger partial charge in [0.1, 0.15) is 5.82 Å². The number of benzene rings is 1. The monoisotopic (exact) mass is 207 g/mol. The average Bonchev–Trinajstić information content (AvgIpc) is 2.63. The van der Waals surface area contributed by atoms with Gasteiger partial charge in [0, 0.05) is 12.1 Å². The topological polar surface area (TPSA) is 12.0 Å². The minimum atomic E-state index is -0.147. The Bertz CT molecular complexity index is 329. The van der Waals surface area contributed by atoms with Gasteiger partial charge in [-0.3, -0.25) is 0 Å². The molecule has 1 aromatic rings. The maximum Gasteiger partial charge on any atom is 0.123 e. The van der Waals surface area contributed by atoms with Gasteiger partial charge in [0.25, 0.3) is 0 Å². The summed E-state index contributed by atoms with van der Waals surface area (Å²) in [6.07, 6.45) is 5.10. The zero-order chi connectivity index (χ0) is 10.7. The maximum atomic E-state index is 12.9. The molecule has 1 aliphatic carbocycles. The van der Waals surface area contributed by atoms with Crippen LogP contribution in [0.5, 0.6) is 0 Å². The molecule has 1 saturated carbocycles. The van der Waals surface area contributed by atoms with Crippen molar-refractivity contribution in [2.24, 2.45) is 0 Å². The third-order valence-corrected chi connectivity index (χ3v) is 3.32. The Kier molecular flexibility index (Phi) is 3.06. The largest absolute Gasteiger partial charge is 0.307 e. The van der Waals surface area contributed by atoms with Gasteiger partial charge in [0.15, 0.2) is 0 Å². The van der Waals surface area contributed by atoms with Crippen LogP contribution in [0.1, 0.15) is 38.2 Å². The zero-order valence-electron chi connectivity index (χ0n) is 9.22. The van der Waals surface area contributed by atoms with Gasteiger partial charge in [0.05, 0.1) is 0 Å². The highest BCUT2D eigenvalue weighted by atomic mass is 19.1. The summed E-state index contributed by atoms with van der Waals surface area (Å²) >= 11 is 0. The Morgan fingerprint density at radius 1 is 1.33 bits per heavy atom. The summed E-state index contributed by atoms with van der Waals surface area (Å²) in [5.74, 6) is -0.147. The lowest BCUT2D eigenvalue weighted by atomic mass is 10.0. The van der Waals surface area contributed by atoms with Crippen molar-refractivity contribution in [3.8, 4) is 0 Å². The van der Waals surface area contributed by atoms with Crippen LogP contribution in [0.15, 0.2) is 24.3 Å². The SMILES string of the molecule is CC1(NCc2cccc(F)c2)CCCC1. The minimum Gasteiger partial charge on any atom is -0.307 e. The summed E-state index contributed by atoms with van der Waals surface area (Å²) in [6, 6.07) is 6.82. The van der Waals surface area contributed by atoms with E-state index in [1.165, 1.54) is 31.7 Å². The lowest BCUT2D eigenvalue weighted by Gasteiger charge is -2.25. The quantitative estimate of drug-likeness (QED) is 0.802. The zero-order valence-corrected chi connectivity index (χ0v) is 9.22. The van der Waals surface area contributed by atoms with Gasteiger partial charge in [-0.05, 0) is 37.5 Å². The molecule has 1 nitrogen and oxygen atoms in total. The normalized spacial score (nSPS) is 19.3. The second-order valence-electron chi connectivity index (χ2n) is 4.75. The second kappa shape index (κ2) is 4.31. The first-order chi connectivity index (χ1) is 7.18. The van der Waals surface area contributed by atoms with E-state index in [0.29, 0.717) is 0 Å².